The van der Waals surface area contributed by atoms with Crippen LogP contribution in [0.2, 0.25) is 0 Å². The molecule has 2 rings (SSSR count). The van der Waals surface area contributed by atoms with Gasteiger partial charge in [0.25, 0.3) is 5.91 Å². The summed E-state index contributed by atoms with van der Waals surface area (Å²) in [5.41, 5.74) is 5.94. The number of halogens is 1. The Labute approximate surface area is 147 Å². The van der Waals surface area contributed by atoms with E-state index < -0.39 is 5.54 Å². The van der Waals surface area contributed by atoms with Crippen molar-refractivity contribution in [2.45, 2.75) is 39.3 Å². The molecule has 0 unspecified atom stereocenters. The van der Waals surface area contributed by atoms with Gasteiger partial charge in [0.15, 0.2) is 6.61 Å². The maximum atomic E-state index is 12.0. The molecule has 1 aromatic carbocycles. The molecule has 3 N–H and O–H groups in total. The lowest BCUT2D eigenvalue weighted by Gasteiger charge is -2.18. The number of nitrogens with zero attached hydrogens (tertiary/aromatic N) is 2. The van der Waals surface area contributed by atoms with E-state index in [1.165, 1.54) is 0 Å². The smallest absolute Gasteiger partial charge is 0.251 e. The molecule has 0 aliphatic carbocycles. The molecule has 0 atom stereocenters. The Morgan fingerprint density at radius 3 is 2.54 bits per heavy atom. The first kappa shape index (κ1) is 19.9. The third kappa shape index (κ3) is 6.17. The van der Waals surface area contributed by atoms with Crippen LogP contribution in [0.15, 0.2) is 28.8 Å². The lowest BCUT2D eigenvalue weighted by Crippen LogP contribution is -2.45. The molecular weight excluding hydrogens is 332 g/mol. The van der Waals surface area contributed by atoms with Gasteiger partial charge in [-0.1, -0.05) is 12.1 Å². The van der Waals surface area contributed by atoms with E-state index in [4.69, 9.17) is 15.0 Å². The van der Waals surface area contributed by atoms with Gasteiger partial charge in [-0.05, 0) is 38.1 Å². The van der Waals surface area contributed by atoms with Crippen LogP contribution in [0.25, 0.3) is 0 Å². The number of carbonyl (C=O) groups excluding carboxylic acids is 1. The molecule has 0 saturated heterocycles. The first-order valence-corrected chi connectivity index (χ1v) is 7.49. The van der Waals surface area contributed by atoms with Crippen molar-refractivity contribution in [1.29, 1.82) is 0 Å². The number of ether oxygens (including phenoxy) is 1. The number of carbonyl (C=O) groups is 1. The van der Waals surface area contributed by atoms with Gasteiger partial charge in [-0.2, -0.15) is 4.98 Å². The molecule has 1 heterocycles. The van der Waals surface area contributed by atoms with Crippen LogP contribution in [-0.2, 0) is 13.0 Å². The maximum absolute atomic E-state index is 12.0. The number of hydrogen-bond donors (Lipinski definition) is 2. The highest BCUT2D eigenvalue weighted by atomic mass is 35.5. The third-order valence-corrected chi connectivity index (χ3v) is 3.00. The van der Waals surface area contributed by atoms with Crippen LogP contribution in [0.4, 0.5) is 0 Å². The number of nitrogens with one attached hydrogen (secondary N) is 1. The second-order valence-electron chi connectivity index (χ2n) is 5.94. The van der Waals surface area contributed by atoms with Crippen molar-refractivity contribution >= 4 is 18.3 Å². The monoisotopic (exact) mass is 354 g/mol. The number of aryl methyl sites for hydroxylation is 1. The Hall–Kier alpha value is -2.12. The molecule has 0 spiro atoms. The van der Waals surface area contributed by atoms with Gasteiger partial charge >= 0.3 is 0 Å². The van der Waals surface area contributed by atoms with E-state index >= 15 is 0 Å². The van der Waals surface area contributed by atoms with Crippen LogP contribution in [0.1, 0.15) is 42.8 Å². The minimum Gasteiger partial charge on any atom is -0.485 e. The van der Waals surface area contributed by atoms with Crippen molar-refractivity contribution in [1.82, 2.24) is 15.5 Å². The number of hydrogen-bond acceptors (Lipinski definition) is 6. The van der Waals surface area contributed by atoms with Gasteiger partial charge in [0.1, 0.15) is 5.75 Å². The molecule has 132 valence electrons. The topological polar surface area (TPSA) is 103 Å². The quantitative estimate of drug-likeness (QED) is 0.789. The number of aromatic nitrogens is 2. The Balaban J connectivity index is 0.00000288. The van der Waals surface area contributed by atoms with Gasteiger partial charge in [-0.25, -0.2) is 0 Å². The van der Waals surface area contributed by atoms with E-state index in [2.05, 4.69) is 15.5 Å². The summed E-state index contributed by atoms with van der Waals surface area (Å²) in [4.78, 5) is 16.1. The SMILES string of the molecule is CCc1nc(COc2ccc(C(=O)NCC(C)(C)N)cc2)no1.Cl. The minimum atomic E-state index is -0.444. The van der Waals surface area contributed by atoms with Crippen LogP contribution in [0.5, 0.6) is 5.75 Å². The fraction of sp³-hybridized carbons (Fsp3) is 0.438. The van der Waals surface area contributed by atoms with Crippen molar-refractivity contribution in [2.24, 2.45) is 5.73 Å². The Morgan fingerprint density at radius 1 is 1.33 bits per heavy atom. The second kappa shape index (κ2) is 8.65. The normalized spacial score (nSPS) is 10.8. The van der Waals surface area contributed by atoms with E-state index in [0.29, 0.717) is 36.0 Å². The number of benzene rings is 1. The molecule has 8 heteroatoms. The van der Waals surface area contributed by atoms with Crippen LogP contribution in [-0.4, -0.2) is 28.1 Å². The van der Waals surface area contributed by atoms with E-state index in [-0.39, 0.29) is 24.9 Å². The summed E-state index contributed by atoms with van der Waals surface area (Å²) >= 11 is 0. The van der Waals surface area contributed by atoms with Gasteiger partial charge in [0.2, 0.25) is 11.7 Å². The van der Waals surface area contributed by atoms with Crippen LogP contribution in [0, 0.1) is 0 Å². The van der Waals surface area contributed by atoms with E-state index in [1.807, 2.05) is 20.8 Å². The Bertz CT molecular complexity index is 650. The summed E-state index contributed by atoms with van der Waals surface area (Å²) in [7, 11) is 0. The zero-order valence-electron chi connectivity index (χ0n) is 14.0. The molecule has 0 aliphatic rings. The number of rotatable bonds is 7. The number of amides is 1. The third-order valence-electron chi connectivity index (χ3n) is 3.00. The zero-order valence-corrected chi connectivity index (χ0v) is 14.9. The molecule has 0 radical (unpaired) electrons. The van der Waals surface area contributed by atoms with Crippen LogP contribution < -0.4 is 15.8 Å². The van der Waals surface area contributed by atoms with E-state index in [9.17, 15) is 4.79 Å². The fourth-order valence-corrected chi connectivity index (χ4v) is 1.75. The average Bonchev–Trinajstić information content (AvgIpc) is 2.98. The summed E-state index contributed by atoms with van der Waals surface area (Å²) < 4.78 is 10.6. The first-order chi connectivity index (χ1) is 10.9. The number of nitrogens with two attached hydrogens (primary N) is 1. The highest BCUT2D eigenvalue weighted by molar-refractivity contribution is 5.94. The second-order valence-corrected chi connectivity index (χ2v) is 5.94. The lowest BCUT2D eigenvalue weighted by atomic mass is 10.1. The van der Waals surface area contributed by atoms with Crippen LogP contribution in [0.3, 0.4) is 0 Å². The van der Waals surface area contributed by atoms with Crippen molar-refractivity contribution < 1.29 is 14.1 Å². The molecule has 0 saturated carbocycles. The lowest BCUT2D eigenvalue weighted by molar-refractivity contribution is 0.0946. The fourth-order valence-electron chi connectivity index (χ4n) is 1.75. The molecule has 7 nitrogen and oxygen atoms in total. The van der Waals surface area contributed by atoms with E-state index in [1.54, 1.807) is 24.3 Å². The average molecular weight is 355 g/mol. The van der Waals surface area contributed by atoms with Crippen molar-refractivity contribution in [3.05, 3.63) is 41.5 Å². The predicted octanol–water partition coefficient (Wildman–Crippen LogP) is 2.10. The Morgan fingerprint density at radius 2 is 2.00 bits per heavy atom. The van der Waals surface area contributed by atoms with Crippen LogP contribution >= 0.6 is 12.4 Å². The molecule has 0 aliphatic heterocycles. The predicted molar refractivity (Wildman–Crippen MR) is 92.3 cm³/mol. The zero-order chi connectivity index (χ0) is 16.9. The van der Waals surface area contributed by atoms with Gasteiger partial charge in [-0.3, -0.25) is 4.79 Å². The summed E-state index contributed by atoms with van der Waals surface area (Å²) in [6.07, 6.45) is 0.691. The molecule has 1 aromatic heterocycles. The molecule has 2 aromatic rings. The summed E-state index contributed by atoms with van der Waals surface area (Å²) in [5, 5.41) is 6.60. The molecular formula is C16H23ClN4O3. The molecule has 1 amide bonds. The van der Waals surface area contributed by atoms with Gasteiger partial charge in [0, 0.05) is 24.1 Å². The van der Waals surface area contributed by atoms with E-state index in [0.717, 1.165) is 0 Å². The van der Waals surface area contributed by atoms with Gasteiger partial charge in [-0.15, -0.1) is 12.4 Å². The van der Waals surface area contributed by atoms with Crippen molar-refractivity contribution in [3.8, 4) is 5.75 Å². The van der Waals surface area contributed by atoms with Crippen molar-refractivity contribution in [3.63, 3.8) is 0 Å². The summed E-state index contributed by atoms with van der Waals surface area (Å²) in [6.45, 7) is 6.27. The standard InChI is InChI=1S/C16H22N4O3.ClH/c1-4-14-19-13(20-23-14)9-22-12-7-5-11(6-8-12)15(21)18-10-16(2,3)17;/h5-8H,4,9-10,17H2,1-3H3,(H,18,21);1H. The Kier molecular flexibility index (Phi) is 7.18. The largest absolute Gasteiger partial charge is 0.485 e. The van der Waals surface area contributed by atoms with Gasteiger partial charge in [0.05, 0.1) is 0 Å². The molecule has 0 fully saturated rings. The maximum Gasteiger partial charge on any atom is 0.251 e. The first-order valence-electron chi connectivity index (χ1n) is 7.49. The summed E-state index contributed by atoms with van der Waals surface area (Å²) in [5.74, 6) is 1.54. The summed E-state index contributed by atoms with van der Waals surface area (Å²) in [6, 6.07) is 6.84. The van der Waals surface area contributed by atoms with Gasteiger partial charge < -0.3 is 20.3 Å². The molecule has 24 heavy (non-hydrogen) atoms. The van der Waals surface area contributed by atoms with Crippen molar-refractivity contribution in [2.75, 3.05) is 6.54 Å². The highest BCUT2D eigenvalue weighted by Crippen LogP contribution is 2.14. The highest BCUT2D eigenvalue weighted by Gasteiger charge is 2.13. The molecule has 0 bridgehead atoms. The minimum absolute atomic E-state index is 0.